The number of nitrogens with zero attached hydrogens (tertiary/aromatic N) is 2. The van der Waals surface area contributed by atoms with Crippen LogP contribution in [-0.2, 0) is 11.4 Å². The van der Waals surface area contributed by atoms with Gasteiger partial charge in [-0.05, 0) is 11.6 Å². The van der Waals surface area contributed by atoms with Crippen molar-refractivity contribution in [3.8, 4) is 5.88 Å². The number of aromatic nitrogens is 1. The molecule has 0 aliphatic heterocycles. The van der Waals surface area contributed by atoms with Crippen LogP contribution < -0.4 is 9.64 Å². The molecule has 0 amide bonds. The zero-order chi connectivity index (χ0) is 15.1. The van der Waals surface area contributed by atoms with E-state index < -0.39 is 5.97 Å². The SMILES string of the molecule is CN(CCC(=O)O)c1cccc(OCc2ccccc2)n1. The summed E-state index contributed by atoms with van der Waals surface area (Å²) in [6.45, 7) is 0.862. The van der Waals surface area contributed by atoms with Crippen molar-refractivity contribution in [2.75, 3.05) is 18.5 Å². The van der Waals surface area contributed by atoms with Crippen molar-refractivity contribution in [2.24, 2.45) is 0 Å². The molecule has 1 N–H and O–H groups in total. The Labute approximate surface area is 123 Å². The molecule has 0 atom stereocenters. The highest BCUT2D eigenvalue weighted by atomic mass is 16.5. The standard InChI is InChI=1S/C16H18N2O3/c1-18(11-10-16(19)20)14-8-5-9-15(17-14)21-12-13-6-3-2-4-7-13/h2-9H,10-12H2,1H3,(H,19,20). The molecule has 5 nitrogen and oxygen atoms in total. The Morgan fingerprint density at radius 3 is 2.67 bits per heavy atom. The summed E-state index contributed by atoms with van der Waals surface area (Å²) in [6.07, 6.45) is 0.0767. The average Bonchev–Trinajstić information content (AvgIpc) is 2.52. The first-order valence-corrected chi connectivity index (χ1v) is 6.72. The predicted octanol–water partition coefficient (Wildman–Crippen LogP) is 2.57. The Kier molecular flexibility index (Phi) is 5.15. The maximum absolute atomic E-state index is 10.6. The number of rotatable bonds is 7. The molecule has 0 bridgehead atoms. The van der Waals surface area contributed by atoms with Gasteiger partial charge in [-0.1, -0.05) is 36.4 Å². The maximum atomic E-state index is 10.6. The Morgan fingerprint density at radius 2 is 1.95 bits per heavy atom. The van der Waals surface area contributed by atoms with Crippen LogP contribution in [0.15, 0.2) is 48.5 Å². The number of anilines is 1. The van der Waals surface area contributed by atoms with Crippen LogP contribution in [0.4, 0.5) is 5.82 Å². The normalized spacial score (nSPS) is 10.1. The summed E-state index contributed by atoms with van der Waals surface area (Å²) in [6, 6.07) is 15.3. The molecule has 21 heavy (non-hydrogen) atoms. The summed E-state index contributed by atoms with van der Waals surface area (Å²) in [5, 5.41) is 8.70. The zero-order valence-electron chi connectivity index (χ0n) is 11.9. The van der Waals surface area contributed by atoms with Crippen LogP contribution in [0.5, 0.6) is 5.88 Å². The molecule has 0 spiro atoms. The molecule has 5 heteroatoms. The highest BCUT2D eigenvalue weighted by molar-refractivity contribution is 5.67. The third kappa shape index (κ3) is 4.80. The largest absolute Gasteiger partial charge is 0.481 e. The van der Waals surface area contributed by atoms with Crippen LogP contribution >= 0.6 is 0 Å². The average molecular weight is 286 g/mol. The van der Waals surface area contributed by atoms with Crippen LogP contribution in [0.2, 0.25) is 0 Å². The molecular weight excluding hydrogens is 268 g/mol. The van der Waals surface area contributed by atoms with E-state index in [1.807, 2.05) is 49.5 Å². The van der Waals surface area contributed by atoms with Crippen LogP contribution in [0.3, 0.4) is 0 Å². The topological polar surface area (TPSA) is 62.7 Å². The van der Waals surface area contributed by atoms with Gasteiger partial charge in [0, 0.05) is 19.7 Å². The van der Waals surface area contributed by atoms with Crippen molar-refractivity contribution in [2.45, 2.75) is 13.0 Å². The molecule has 0 aliphatic carbocycles. The minimum absolute atomic E-state index is 0.0767. The maximum Gasteiger partial charge on any atom is 0.305 e. The number of ether oxygens (including phenoxy) is 1. The first kappa shape index (κ1) is 14.8. The summed E-state index contributed by atoms with van der Waals surface area (Å²) < 4.78 is 5.65. The molecule has 0 unspecified atom stereocenters. The molecule has 1 aromatic carbocycles. The predicted molar refractivity (Wildman–Crippen MR) is 80.5 cm³/mol. The minimum Gasteiger partial charge on any atom is -0.481 e. The lowest BCUT2D eigenvalue weighted by atomic mass is 10.2. The highest BCUT2D eigenvalue weighted by Gasteiger charge is 2.06. The van der Waals surface area contributed by atoms with Crippen molar-refractivity contribution in [1.82, 2.24) is 4.98 Å². The zero-order valence-corrected chi connectivity index (χ0v) is 11.9. The summed E-state index contributed by atoms with van der Waals surface area (Å²) in [4.78, 5) is 16.8. The first-order valence-electron chi connectivity index (χ1n) is 6.72. The van der Waals surface area contributed by atoms with E-state index in [0.29, 0.717) is 24.8 Å². The molecule has 0 saturated heterocycles. The summed E-state index contributed by atoms with van der Waals surface area (Å²) in [7, 11) is 1.81. The lowest BCUT2D eigenvalue weighted by molar-refractivity contribution is -0.136. The lowest BCUT2D eigenvalue weighted by Crippen LogP contribution is -2.22. The molecular formula is C16H18N2O3. The second-order valence-corrected chi connectivity index (χ2v) is 4.67. The summed E-state index contributed by atoms with van der Waals surface area (Å²) in [5.41, 5.74) is 1.07. The second kappa shape index (κ2) is 7.28. The van der Waals surface area contributed by atoms with Crippen molar-refractivity contribution in [1.29, 1.82) is 0 Å². The third-order valence-corrected chi connectivity index (χ3v) is 2.99. The van der Waals surface area contributed by atoms with Crippen LogP contribution in [-0.4, -0.2) is 29.7 Å². The smallest absolute Gasteiger partial charge is 0.305 e. The molecule has 2 rings (SSSR count). The van der Waals surface area contributed by atoms with Gasteiger partial charge in [0.05, 0.1) is 6.42 Å². The monoisotopic (exact) mass is 286 g/mol. The van der Waals surface area contributed by atoms with E-state index in [2.05, 4.69) is 4.98 Å². The van der Waals surface area contributed by atoms with Gasteiger partial charge in [0.15, 0.2) is 0 Å². The van der Waals surface area contributed by atoms with Gasteiger partial charge in [0.1, 0.15) is 12.4 Å². The number of hydrogen-bond donors (Lipinski definition) is 1. The van der Waals surface area contributed by atoms with Crippen molar-refractivity contribution in [3.63, 3.8) is 0 Å². The van der Waals surface area contributed by atoms with Crippen molar-refractivity contribution in [3.05, 3.63) is 54.1 Å². The number of hydrogen-bond acceptors (Lipinski definition) is 4. The number of carbonyl (C=O) groups is 1. The van der Waals surface area contributed by atoms with E-state index in [4.69, 9.17) is 9.84 Å². The highest BCUT2D eigenvalue weighted by Crippen LogP contribution is 2.16. The number of carboxylic acid groups (broad SMARTS) is 1. The fourth-order valence-electron chi connectivity index (χ4n) is 1.81. The molecule has 110 valence electrons. The Balaban J connectivity index is 1.95. The van der Waals surface area contributed by atoms with Gasteiger partial charge in [0.25, 0.3) is 0 Å². The Hall–Kier alpha value is -2.56. The Morgan fingerprint density at radius 1 is 1.19 bits per heavy atom. The van der Waals surface area contributed by atoms with Gasteiger partial charge in [-0.25, -0.2) is 0 Å². The van der Waals surface area contributed by atoms with Gasteiger partial charge in [0.2, 0.25) is 5.88 Å². The van der Waals surface area contributed by atoms with E-state index in [9.17, 15) is 4.79 Å². The minimum atomic E-state index is -0.821. The number of aliphatic carboxylic acids is 1. The molecule has 1 aromatic heterocycles. The van der Waals surface area contributed by atoms with E-state index >= 15 is 0 Å². The van der Waals surface area contributed by atoms with Crippen LogP contribution in [0.1, 0.15) is 12.0 Å². The van der Waals surface area contributed by atoms with Gasteiger partial charge in [-0.2, -0.15) is 4.98 Å². The van der Waals surface area contributed by atoms with Gasteiger partial charge < -0.3 is 14.7 Å². The second-order valence-electron chi connectivity index (χ2n) is 4.67. The molecule has 0 fully saturated rings. The van der Waals surface area contributed by atoms with Crippen LogP contribution in [0.25, 0.3) is 0 Å². The fraction of sp³-hybridized carbons (Fsp3) is 0.250. The number of pyridine rings is 1. The van der Waals surface area contributed by atoms with E-state index in [1.165, 1.54) is 0 Å². The first-order chi connectivity index (χ1) is 10.1. The number of benzene rings is 1. The molecule has 0 aliphatic rings. The van der Waals surface area contributed by atoms with Gasteiger partial charge in [-0.3, -0.25) is 4.79 Å². The van der Waals surface area contributed by atoms with Crippen molar-refractivity contribution >= 4 is 11.8 Å². The number of carboxylic acids is 1. The third-order valence-electron chi connectivity index (χ3n) is 2.99. The van der Waals surface area contributed by atoms with Gasteiger partial charge in [-0.15, -0.1) is 0 Å². The van der Waals surface area contributed by atoms with E-state index in [-0.39, 0.29) is 6.42 Å². The fourth-order valence-corrected chi connectivity index (χ4v) is 1.81. The van der Waals surface area contributed by atoms with Crippen molar-refractivity contribution < 1.29 is 14.6 Å². The molecule has 0 radical (unpaired) electrons. The quantitative estimate of drug-likeness (QED) is 0.847. The summed E-state index contributed by atoms with van der Waals surface area (Å²) >= 11 is 0. The molecule has 2 aromatic rings. The van der Waals surface area contributed by atoms with E-state index in [0.717, 1.165) is 5.56 Å². The van der Waals surface area contributed by atoms with Gasteiger partial charge >= 0.3 is 5.97 Å². The van der Waals surface area contributed by atoms with Crippen LogP contribution in [0, 0.1) is 0 Å². The van der Waals surface area contributed by atoms with E-state index in [1.54, 1.807) is 11.0 Å². The molecule has 0 saturated carbocycles. The Bertz CT molecular complexity index is 587. The summed E-state index contributed by atoms with van der Waals surface area (Å²) in [5.74, 6) is 0.402. The molecule has 1 heterocycles. The lowest BCUT2D eigenvalue weighted by Gasteiger charge is -2.17.